The average Bonchev–Trinajstić information content (AvgIpc) is 3.10. The summed E-state index contributed by atoms with van der Waals surface area (Å²) >= 11 is 1.61. The van der Waals surface area contributed by atoms with Crippen molar-refractivity contribution >= 4 is 12.2 Å². The van der Waals surface area contributed by atoms with E-state index in [0.29, 0.717) is 3.63 Å². The Balaban J connectivity index is 1.61. The van der Waals surface area contributed by atoms with Crippen molar-refractivity contribution in [2.45, 2.75) is 16.5 Å². The van der Waals surface area contributed by atoms with Gasteiger partial charge in [-0.05, 0) is 0 Å². The van der Waals surface area contributed by atoms with Crippen LogP contribution >= 0.6 is 0 Å². The van der Waals surface area contributed by atoms with Crippen LogP contribution < -0.4 is 0 Å². The van der Waals surface area contributed by atoms with Crippen molar-refractivity contribution in [3.05, 3.63) is 81.9 Å². The Kier molecular flexibility index (Phi) is 3.12. The molecule has 0 amide bonds. The SMILES string of the molecule is [Zr][CH](C1=Cc2ccccc2C1)C1=Cc2ccccc2C1. The standard InChI is InChI=1S/C19H15.Zr/c1-2-6-17-11-14(10-16(17)5-1)9-15-12-18-7-3-4-8-19(18)13-15;/h1-10,12H,11,13H2;. The number of allylic oxidation sites excluding steroid dienone is 2. The Morgan fingerprint density at radius 2 is 1.15 bits per heavy atom. The molecule has 0 aromatic heterocycles. The van der Waals surface area contributed by atoms with Crippen LogP contribution in [0.3, 0.4) is 0 Å². The predicted molar refractivity (Wildman–Crippen MR) is 80.0 cm³/mol. The van der Waals surface area contributed by atoms with Crippen LogP contribution in [0.1, 0.15) is 22.3 Å². The van der Waals surface area contributed by atoms with Gasteiger partial charge in [0.1, 0.15) is 0 Å². The van der Waals surface area contributed by atoms with E-state index in [-0.39, 0.29) is 0 Å². The molecule has 0 radical (unpaired) electrons. The molecule has 0 saturated heterocycles. The number of fused-ring (bicyclic) bond motifs is 2. The first kappa shape index (κ1) is 12.5. The third-order valence-electron chi connectivity index (χ3n) is 4.32. The van der Waals surface area contributed by atoms with Gasteiger partial charge in [0.05, 0.1) is 0 Å². The molecule has 2 aliphatic carbocycles. The third kappa shape index (κ3) is 2.09. The van der Waals surface area contributed by atoms with Gasteiger partial charge >= 0.3 is 135 Å². The van der Waals surface area contributed by atoms with Gasteiger partial charge in [0.2, 0.25) is 0 Å². The average molecular weight is 335 g/mol. The fraction of sp³-hybridized carbons (Fsp3) is 0.158. The van der Waals surface area contributed by atoms with Gasteiger partial charge in [-0.1, -0.05) is 0 Å². The molecule has 2 aromatic rings. The van der Waals surface area contributed by atoms with E-state index in [0.717, 1.165) is 12.8 Å². The summed E-state index contributed by atoms with van der Waals surface area (Å²) in [4.78, 5) is 0. The summed E-state index contributed by atoms with van der Waals surface area (Å²) in [7, 11) is 0. The Bertz CT molecular complexity index is 673. The minimum absolute atomic E-state index is 0.641. The molecule has 0 spiro atoms. The first-order chi connectivity index (χ1) is 9.81. The van der Waals surface area contributed by atoms with E-state index < -0.39 is 0 Å². The van der Waals surface area contributed by atoms with E-state index in [4.69, 9.17) is 0 Å². The summed E-state index contributed by atoms with van der Waals surface area (Å²) in [5.74, 6) is 0. The van der Waals surface area contributed by atoms with E-state index in [1.165, 1.54) is 22.3 Å². The van der Waals surface area contributed by atoms with Gasteiger partial charge in [0, 0.05) is 0 Å². The maximum absolute atomic E-state index is 2.42. The van der Waals surface area contributed by atoms with Crippen molar-refractivity contribution in [2.24, 2.45) is 0 Å². The number of hydrogen-bond acceptors (Lipinski definition) is 0. The first-order valence-corrected chi connectivity index (χ1v) is 8.51. The monoisotopic (exact) mass is 333 g/mol. The van der Waals surface area contributed by atoms with Gasteiger partial charge < -0.3 is 0 Å². The van der Waals surface area contributed by atoms with Crippen molar-refractivity contribution in [3.8, 4) is 0 Å². The number of hydrogen-bond donors (Lipinski definition) is 0. The Morgan fingerprint density at radius 1 is 0.700 bits per heavy atom. The summed E-state index contributed by atoms with van der Waals surface area (Å²) in [6.45, 7) is 0. The summed E-state index contributed by atoms with van der Waals surface area (Å²) in [6, 6.07) is 17.6. The van der Waals surface area contributed by atoms with E-state index in [1.807, 2.05) is 0 Å². The van der Waals surface area contributed by atoms with Crippen molar-refractivity contribution < 1.29 is 24.7 Å². The van der Waals surface area contributed by atoms with E-state index in [2.05, 4.69) is 60.7 Å². The van der Waals surface area contributed by atoms with Crippen LogP contribution in [0.4, 0.5) is 0 Å². The molecule has 0 unspecified atom stereocenters. The minimum atomic E-state index is 0.641. The Labute approximate surface area is 135 Å². The zero-order valence-electron chi connectivity index (χ0n) is 11.3. The molecule has 0 aliphatic heterocycles. The second kappa shape index (κ2) is 4.97. The van der Waals surface area contributed by atoms with Gasteiger partial charge in [0.15, 0.2) is 0 Å². The summed E-state index contributed by atoms with van der Waals surface area (Å²) < 4.78 is 0.641. The predicted octanol–water partition coefficient (Wildman–Crippen LogP) is 4.60. The zero-order valence-corrected chi connectivity index (χ0v) is 13.7. The second-order valence-electron chi connectivity index (χ2n) is 5.62. The molecule has 20 heavy (non-hydrogen) atoms. The van der Waals surface area contributed by atoms with Crippen LogP contribution in [0.2, 0.25) is 3.63 Å². The van der Waals surface area contributed by atoms with Crippen LogP contribution in [0.15, 0.2) is 59.7 Å². The van der Waals surface area contributed by atoms with Crippen LogP contribution in [0.5, 0.6) is 0 Å². The number of rotatable bonds is 2. The fourth-order valence-corrected chi connectivity index (χ4v) is 4.13. The Hall–Kier alpha value is -1.20. The first-order valence-electron chi connectivity index (χ1n) is 7.09. The molecule has 2 aromatic carbocycles. The third-order valence-corrected chi connectivity index (χ3v) is 6.15. The molecule has 1 heteroatoms. The molecule has 0 saturated carbocycles. The van der Waals surface area contributed by atoms with E-state index in [9.17, 15) is 0 Å². The summed E-state index contributed by atoms with van der Waals surface area (Å²) in [5.41, 5.74) is 9.03. The van der Waals surface area contributed by atoms with Gasteiger partial charge in [-0.2, -0.15) is 0 Å². The van der Waals surface area contributed by atoms with E-state index in [1.54, 1.807) is 35.9 Å². The van der Waals surface area contributed by atoms with Crippen LogP contribution in [-0.4, -0.2) is 0 Å². The van der Waals surface area contributed by atoms with Crippen molar-refractivity contribution in [2.75, 3.05) is 0 Å². The maximum atomic E-state index is 2.42. The summed E-state index contributed by atoms with van der Waals surface area (Å²) in [6.07, 6.45) is 7.11. The van der Waals surface area contributed by atoms with Gasteiger partial charge in [-0.3, -0.25) is 0 Å². The molecule has 4 rings (SSSR count). The molecule has 0 bridgehead atoms. The Morgan fingerprint density at radius 3 is 1.60 bits per heavy atom. The van der Waals surface area contributed by atoms with Crippen LogP contribution in [0.25, 0.3) is 12.2 Å². The molecular formula is C19H15Zr. The molecule has 0 fully saturated rings. The molecule has 0 N–H and O–H groups in total. The normalized spacial score (nSPS) is 15.8. The zero-order chi connectivity index (χ0) is 13.5. The molecule has 0 atom stereocenters. The topological polar surface area (TPSA) is 0 Å². The second-order valence-corrected chi connectivity index (χ2v) is 7.04. The van der Waals surface area contributed by atoms with Gasteiger partial charge in [-0.15, -0.1) is 0 Å². The molecule has 95 valence electrons. The molecular weight excluding hydrogens is 319 g/mol. The molecule has 0 nitrogen and oxygen atoms in total. The summed E-state index contributed by atoms with van der Waals surface area (Å²) in [5, 5.41) is 0. The van der Waals surface area contributed by atoms with Crippen molar-refractivity contribution in [1.29, 1.82) is 0 Å². The van der Waals surface area contributed by atoms with Crippen LogP contribution in [-0.2, 0) is 37.6 Å². The molecule has 0 heterocycles. The van der Waals surface area contributed by atoms with E-state index >= 15 is 0 Å². The van der Waals surface area contributed by atoms with Crippen LogP contribution in [0, 0.1) is 0 Å². The molecule has 2 aliphatic rings. The van der Waals surface area contributed by atoms with Crippen molar-refractivity contribution in [1.82, 2.24) is 0 Å². The number of benzene rings is 2. The van der Waals surface area contributed by atoms with Gasteiger partial charge in [-0.25, -0.2) is 0 Å². The van der Waals surface area contributed by atoms with Gasteiger partial charge in [0.25, 0.3) is 0 Å². The quantitative estimate of drug-likeness (QED) is 0.753. The van der Waals surface area contributed by atoms with Crippen molar-refractivity contribution in [3.63, 3.8) is 0 Å². The fourth-order valence-electron chi connectivity index (χ4n) is 3.22.